The Kier molecular flexibility index (Phi) is 8.76. The summed E-state index contributed by atoms with van der Waals surface area (Å²) in [5.41, 5.74) is 4.11. The fraction of sp³-hybridized carbons (Fsp3) is 0.300. The van der Waals surface area contributed by atoms with Crippen molar-refractivity contribution in [3.8, 4) is 5.75 Å². The number of carbonyl (C=O) groups excluding carboxylic acids is 1. The monoisotopic (exact) mass is 486 g/mol. The van der Waals surface area contributed by atoms with Gasteiger partial charge in [0.15, 0.2) is 0 Å². The van der Waals surface area contributed by atoms with Crippen molar-refractivity contribution in [2.45, 2.75) is 37.8 Å². The van der Waals surface area contributed by atoms with E-state index in [1.165, 1.54) is 12.7 Å². The first-order chi connectivity index (χ1) is 17.5. The van der Waals surface area contributed by atoms with Crippen molar-refractivity contribution >= 4 is 16.9 Å². The van der Waals surface area contributed by atoms with Gasteiger partial charge >= 0.3 is 5.97 Å². The summed E-state index contributed by atoms with van der Waals surface area (Å²) in [6, 6.07) is 28.0. The number of hydrogen-bond acceptors (Lipinski definition) is 5. The summed E-state index contributed by atoms with van der Waals surface area (Å²) in [4.78, 5) is 16.0. The molecule has 0 saturated carbocycles. The summed E-state index contributed by atoms with van der Waals surface area (Å²) in [5.74, 6) is 0.105. The molecule has 3 atom stereocenters. The molecule has 0 aliphatic rings. The highest BCUT2D eigenvalue weighted by Gasteiger charge is 2.24. The Morgan fingerprint density at radius 1 is 0.944 bits per heavy atom. The predicted octanol–water partition coefficient (Wildman–Crippen LogP) is 4.63. The maximum absolute atomic E-state index is 12.6. The SMILES string of the molecule is COC(=O)C(Cc1ccccc1)c1cc2cc(C[C@H](C)NC[C@H](O)COc3ccccc3)ccc2[nH]1. The zero-order valence-corrected chi connectivity index (χ0v) is 20.8. The van der Waals surface area contributed by atoms with E-state index in [0.717, 1.165) is 34.3 Å². The summed E-state index contributed by atoms with van der Waals surface area (Å²) >= 11 is 0. The van der Waals surface area contributed by atoms with Gasteiger partial charge in [0.1, 0.15) is 24.4 Å². The average Bonchev–Trinajstić information content (AvgIpc) is 3.33. The summed E-state index contributed by atoms with van der Waals surface area (Å²) in [7, 11) is 1.43. The van der Waals surface area contributed by atoms with Crippen LogP contribution in [0.3, 0.4) is 0 Å². The fourth-order valence-electron chi connectivity index (χ4n) is 4.36. The van der Waals surface area contributed by atoms with Crippen LogP contribution in [0.2, 0.25) is 0 Å². The third-order valence-corrected chi connectivity index (χ3v) is 6.28. The minimum absolute atomic E-state index is 0.174. The van der Waals surface area contributed by atoms with Crippen molar-refractivity contribution in [1.82, 2.24) is 10.3 Å². The zero-order chi connectivity index (χ0) is 25.3. The van der Waals surface area contributed by atoms with Gasteiger partial charge < -0.3 is 24.9 Å². The Morgan fingerprint density at radius 2 is 1.67 bits per heavy atom. The topological polar surface area (TPSA) is 83.6 Å². The lowest BCUT2D eigenvalue weighted by Crippen LogP contribution is -2.37. The third-order valence-electron chi connectivity index (χ3n) is 6.28. The van der Waals surface area contributed by atoms with Crippen LogP contribution in [0, 0.1) is 0 Å². The second-order valence-corrected chi connectivity index (χ2v) is 9.20. The van der Waals surface area contributed by atoms with Crippen molar-refractivity contribution in [3.63, 3.8) is 0 Å². The highest BCUT2D eigenvalue weighted by atomic mass is 16.5. The number of aliphatic hydroxyl groups is 1. The number of para-hydroxylation sites is 1. The number of rotatable bonds is 12. The number of methoxy groups -OCH3 is 1. The quantitative estimate of drug-likeness (QED) is 0.254. The molecule has 1 unspecified atom stereocenters. The molecule has 0 bridgehead atoms. The summed E-state index contributed by atoms with van der Waals surface area (Å²) in [6.45, 7) is 2.79. The molecule has 0 fully saturated rings. The Hall–Kier alpha value is -3.61. The molecule has 1 heterocycles. The van der Waals surface area contributed by atoms with Crippen LogP contribution in [-0.4, -0.2) is 48.5 Å². The van der Waals surface area contributed by atoms with Crippen molar-refractivity contribution in [2.75, 3.05) is 20.3 Å². The number of hydrogen-bond donors (Lipinski definition) is 3. The standard InChI is InChI=1S/C30H34N2O4/c1-21(31-19-25(33)20-36-26-11-7-4-8-12-26)15-23-13-14-28-24(16-23)18-29(32-28)27(30(34)35-2)17-22-9-5-3-6-10-22/h3-14,16,18,21,25,27,31-33H,15,17,19-20H2,1-2H3/t21-,25-,27?/m0/s1. The molecule has 0 aliphatic heterocycles. The molecule has 6 heteroatoms. The molecule has 0 aliphatic carbocycles. The maximum Gasteiger partial charge on any atom is 0.315 e. The van der Waals surface area contributed by atoms with E-state index in [1.54, 1.807) is 0 Å². The molecular weight excluding hydrogens is 452 g/mol. The molecule has 4 rings (SSSR count). The van der Waals surface area contributed by atoms with E-state index in [2.05, 4.69) is 35.4 Å². The second-order valence-electron chi connectivity index (χ2n) is 9.20. The van der Waals surface area contributed by atoms with Gasteiger partial charge in [-0.05, 0) is 66.6 Å². The van der Waals surface area contributed by atoms with Crippen LogP contribution in [0.5, 0.6) is 5.75 Å². The molecule has 1 aromatic heterocycles. The Morgan fingerprint density at radius 3 is 2.39 bits per heavy atom. The van der Waals surface area contributed by atoms with Gasteiger partial charge in [-0.25, -0.2) is 0 Å². The van der Waals surface area contributed by atoms with Crippen molar-refractivity contribution < 1.29 is 19.4 Å². The van der Waals surface area contributed by atoms with Gasteiger partial charge in [-0.15, -0.1) is 0 Å². The summed E-state index contributed by atoms with van der Waals surface area (Å²) < 4.78 is 10.7. The molecule has 0 radical (unpaired) electrons. The summed E-state index contributed by atoms with van der Waals surface area (Å²) in [5, 5.41) is 14.7. The van der Waals surface area contributed by atoms with Crippen LogP contribution in [0.15, 0.2) is 84.9 Å². The average molecular weight is 487 g/mol. The number of nitrogens with one attached hydrogen (secondary N) is 2. The molecule has 0 amide bonds. The molecule has 3 aromatic carbocycles. The van der Waals surface area contributed by atoms with Gasteiger partial charge in [0.05, 0.1) is 7.11 Å². The molecule has 4 aromatic rings. The highest BCUT2D eigenvalue weighted by molar-refractivity contribution is 5.85. The van der Waals surface area contributed by atoms with E-state index in [4.69, 9.17) is 9.47 Å². The molecule has 0 saturated heterocycles. The normalized spacial score (nSPS) is 13.8. The van der Waals surface area contributed by atoms with Gasteiger partial charge in [-0.3, -0.25) is 4.79 Å². The van der Waals surface area contributed by atoms with Gasteiger partial charge in [0, 0.05) is 23.8 Å². The van der Waals surface area contributed by atoms with E-state index in [0.29, 0.717) is 13.0 Å². The Labute approximate surface area is 212 Å². The number of carbonyl (C=O) groups is 1. The van der Waals surface area contributed by atoms with Crippen LogP contribution in [0.25, 0.3) is 10.9 Å². The van der Waals surface area contributed by atoms with E-state index in [1.807, 2.05) is 66.7 Å². The first-order valence-electron chi connectivity index (χ1n) is 12.3. The maximum atomic E-state index is 12.6. The minimum Gasteiger partial charge on any atom is -0.491 e. The number of aliphatic hydroxyl groups excluding tert-OH is 1. The molecule has 188 valence electrons. The van der Waals surface area contributed by atoms with Crippen molar-refractivity contribution in [1.29, 1.82) is 0 Å². The van der Waals surface area contributed by atoms with Gasteiger partial charge in [0.2, 0.25) is 0 Å². The van der Waals surface area contributed by atoms with Crippen LogP contribution in [-0.2, 0) is 22.4 Å². The van der Waals surface area contributed by atoms with Crippen molar-refractivity contribution in [2.24, 2.45) is 0 Å². The molecule has 3 N–H and O–H groups in total. The van der Waals surface area contributed by atoms with E-state index in [-0.39, 0.29) is 18.6 Å². The fourth-order valence-corrected chi connectivity index (χ4v) is 4.36. The number of benzene rings is 3. The number of H-pyrrole nitrogens is 1. The smallest absolute Gasteiger partial charge is 0.315 e. The van der Waals surface area contributed by atoms with E-state index < -0.39 is 12.0 Å². The Balaban J connectivity index is 1.35. The van der Waals surface area contributed by atoms with Gasteiger partial charge in [-0.1, -0.05) is 54.6 Å². The zero-order valence-electron chi connectivity index (χ0n) is 20.8. The number of esters is 1. The first-order valence-corrected chi connectivity index (χ1v) is 12.3. The number of aromatic amines is 1. The number of fused-ring (bicyclic) bond motifs is 1. The molecule has 36 heavy (non-hydrogen) atoms. The van der Waals surface area contributed by atoms with Crippen LogP contribution in [0.4, 0.5) is 0 Å². The van der Waals surface area contributed by atoms with E-state index in [9.17, 15) is 9.90 Å². The van der Waals surface area contributed by atoms with E-state index >= 15 is 0 Å². The molecule has 0 spiro atoms. The van der Waals surface area contributed by atoms with Crippen LogP contribution < -0.4 is 10.1 Å². The minimum atomic E-state index is -0.595. The first kappa shape index (κ1) is 25.5. The number of aromatic nitrogens is 1. The number of ether oxygens (including phenoxy) is 2. The largest absolute Gasteiger partial charge is 0.491 e. The molecular formula is C30H34N2O4. The van der Waals surface area contributed by atoms with Gasteiger partial charge in [-0.2, -0.15) is 0 Å². The van der Waals surface area contributed by atoms with Crippen LogP contribution in [0.1, 0.15) is 29.7 Å². The summed E-state index contributed by atoms with van der Waals surface area (Å²) in [6.07, 6.45) is 0.791. The highest BCUT2D eigenvalue weighted by Crippen LogP contribution is 2.27. The predicted molar refractivity (Wildman–Crippen MR) is 142 cm³/mol. The lowest BCUT2D eigenvalue weighted by atomic mass is 9.96. The van der Waals surface area contributed by atoms with Crippen LogP contribution >= 0.6 is 0 Å². The van der Waals surface area contributed by atoms with Gasteiger partial charge in [0.25, 0.3) is 0 Å². The lowest BCUT2D eigenvalue weighted by Gasteiger charge is -2.18. The van der Waals surface area contributed by atoms with Crippen molar-refractivity contribution in [3.05, 3.63) is 102 Å². The Bertz CT molecular complexity index is 1240. The second kappa shape index (κ2) is 12.4. The third kappa shape index (κ3) is 6.97. The molecule has 6 nitrogen and oxygen atoms in total. The lowest BCUT2D eigenvalue weighted by molar-refractivity contribution is -0.142.